The minimum absolute atomic E-state index is 0.0330. The van der Waals surface area contributed by atoms with Crippen LogP contribution in [0.25, 0.3) is 22.5 Å². The Labute approximate surface area is 161 Å². The number of ether oxygens (including phenoxy) is 1. The highest BCUT2D eigenvalue weighted by molar-refractivity contribution is 7.09. The number of rotatable bonds is 4. The van der Waals surface area contributed by atoms with Gasteiger partial charge in [-0.1, -0.05) is 11.3 Å². The van der Waals surface area contributed by atoms with Gasteiger partial charge >= 0.3 is 10.5 Å². The van der Waals surface area contributed by atoms with E-state index in [2.05, 4.69) is 4.98 Å². The lowest BCUT2D eigenvalue weighted by Gasteiger charge is -2.05. The van der Waals surface area contributed by atoms with Crippen molar-refractivity contribution in [2.75, 3.05) is 0 Å². The zero-order valence-corrected chi connectivity index (χ0v) is 15.7. The van der Waals surface area contributed by atoms with Crippen molar-refractivity contribution in [2.24, 2.45) is 0 Å². The molecule has 0 amide bonds. The fraction of sp³-hybridized carbons (Fsp3) is 0.158. The predicted molar refractivity (Wildman–Crippen MR) is 102 cm³/mol. The number of thiazole rings is 1. The average Bonchev–Trinajstić information content (AvgIpc) is 3.22. The van der Waals surface area contributed by atoms with Crippen LogP contribution in [0.2, 0.25) is 0 Å². The summed E-state index contributed by atoms with van der Waals surface area (Å²) in [5.41, 5.74) is 0.459. The van der Waals surface area contributed by atoms with Crippen molar-refractivity contribution in [1.82, 2.24) is 4.98 Å². The molecule has 144 valence electrons. The second-order valence-electron chi connectivity index (χ2n) is 6.20. The molecule has 3 N–H and O–H groups in total. The largest absolute Gasteiger partial charge is 0.507 e. The molecule has 0 saturated heterocycles. The van der Waals surface area contributed by atoms with Crippen molar-refractivity contribution in [3.8, 4) is 28.9 Å². The van der Waals surface area contributed by atoms with Gasteiger partial charge < -0.3 is 23.8 Å². The van der Waals surface area contributed by atoms with Crippen LogP contribution in [-0.4, -0.2) is 15.2 Å². The summed E-state index contributed by atoms with van der Waals surface area (Å²) in [5, 5.41) is 20.4. The summed E-state index contributed by atoms with van der Waals surface area (Å²) in [6, 6.07) is 6.76. The Hall–Kier alpha value is -3.46. The van der Waals surface area contributed by atoms with E-state index >= 15 is 0 Å². The van der Waals surface area contributed by atoms with Crippen molar-refractivity contribution < 1.29 is 23.8 Å². The number of H-pyrrole nitrogens is 1. The second-order valence-corrected chi connectivity index (χ2v) is 7.27. The molecule has 1 aromatic carbocycles. The van der Waals surface area contributed by atoms with Crippen LogP contribution < -0.4 is 15.2 Å². The Kier molecular flexibility index (Phi) is 4.23. The van der Waals surface area contributed by atoms with E-state index in [1.165, 1.54) is 6.92 Å². The molecule has 3 aromatic heterocycles. The molecule has 8 nitrogen and oxygen atoms in total. The van der Waals surface area contributed by atoms with E-state index in [-0.39, 0.29) is 34.4 Å². The Morgan fingerprint density at radius 3 is 2.61 bits per heavy atom. The predicted octanol–water partition coefficient (Wildman–Crippen LogP) is 3.41. The highest BCUT2D eigenvalue weighted by Crippen LogP contribution is 2.34. The molecule has 0 fully saturated rings. The third-order valence-electron chi connectivity index (χ3n) is 4.33. The minimum atomic E-state index is -0.632. The Bertz CT molecular complexity index is 1310. The van der Waals surface area contributed by atoms with Crippen LogP contribution in [-0.2, 0) is 6.61 Å². The number of hydrogen-bond donors (Lipinski definition) is 3. The monoisotopic (exact) mass is 401 g/mol. The molecule has 0 spiro atoms. The van der Waals surface area contributed by atoms with Crippen LogP contribution >= 0.6 is 11.3 Å². The number of aromatic hydroxyl groups is 2. The lowest BCUT2D eigenvalue weighted by molar-refractivity contribution is 0.302. The van der Waals surface area contributed by atoms with Gasteiger partial charge in [0.25, 0.3) is 0 Å². The number of nitrogens with one attached hydrogen (secondary N) is 1. The van der Waals surface area contributed by atoms with Crippen molar-refractivity contribution >= 4 is 22.3 Å². The maximum Gasteiger partial charge on any atom is 0.343 e. The van der Waals surface area contributed by atoms with Gasteiger partial charge in [-0.2, -0.15) is 0 Å². The van der Waals surface area contributed by atoms with Gasteiger partial charge in [0.15, 0.2) is 11.5 Å². The maximum absolute atomic E-state index is 11.9. The third kappa shape index (κ3) is 3.05. The molecule has 28 heavy (non-hydrogen) atoms. The number of fused-ring (bicyclic) bond motifs is 1. The zero-order chi connectivity index (χ0) is 20.0. The van der Waals surface area contributed by atoms with Gasteiger partial charge in [0.2, 0.25) is 5.88 Å². The Morgan fingerprint density at radius 2 is 1.89 bits per heavy atom. The molecular weight excluding hydrogens is 386 g/mol. The standard InChI is InChI=1S/C19H15NO7S/c1-8-15(21)9(2)18(23)27-16(8)13-6-10-5-11(3-4-12(10)26-13)25-7-14-17(22)20-19(24)28-14/h3-6,21-22H,7H2,1-2H3,(H,20,24). The number of aromatic amines is 1. The van der Waals surface area contributed by atoms with Gasteiger partial charge in [0.05, 0.1) is 5.56 Å². The Morgan fingerprint density at radius 1 is 1.11 bits per heavy atom. The van der Waals surface area contributed by atoms with E-state index in [1.54, 1.807) is 31.2 Å². The molecule has 0 aliphatic rings. The maximum atomic E-state index is 11.9. The molecule has 0 bridgehead atoms. The third-order valence-corrected chi connectivity index (χ3v) is 5.18. The molecule has 0 saturated carbocycles. The molecule has 0 atom stereocenters. The molecule has 0 aliphatic heterocycles. The molecule has 9 heteroatoms. The second kappa shape index (κ2) is 6.61. The zero-order valence-electron chi connectivity index (χ0n) is 14.9. The summed E-state index contributed by atoms with van der Waals surface area (Å²) in [7, 11) is 0. The van der Waals surface area contributed by atoms with Crippen LogP contribution in [0.15, 0.2) is 42.7 Å². The van der Waals surface area contributed by atoms with Crippen LogP contribution in [0.4, 0.5) is 0 Å². The number of benzene rings is 1. The topological polar surface area (TPSA) is 126 Å². The summed E-state index contributed by atoms with van der Waals surface area (Å²) in [5.74, 6) is 0.643. The van der Waals surface area contributed by atoms with E-state index in [1.807, 2.05) is 0 Å². The minimum Gasteiger partial charge on any atom is -0.507 e. The summed E-state index contributed by atoms with van der Waals surface area (Å²) in [6.45, 7) is 3.15. The Balaban J connectivity index is 1.66. The molecule has 4 aromatic rings. The van der Waals surface area contributed by atoms with Gasteiger partial charge in [0.1, 0.15) is 28.6 Å². The van der Waals surface area contributed by atoms with Gasteiger partial charge in [0, 0.05) is 10.9 Å². The van der Waals surface area contributed by atoms with Crippen molar-refractivity contribution in [2.45, 2.75) is 20.5 Å². The molecule has 0 unspecified atom stereocenters. The molecular formula is C19H15NO7S. The number of furan rings is 1. The van der Waals surface area contributed by atoms with E-state index in [0.717, 1.165) is 11.3 Å². The molecule has 0 radical (unpaired) electrons. The smallest absolute Gasteiger partial charge is 0.343 e. The summed E-state index contributed by atoms with van der Waals surface area (Å²) < 4.78 is 16.7. The molecule has 0 aliphatic carbocycles. The van der Waals surface area contributed by atoms with Gasteiger partial charge in [-0.05, 0) is 38.1 Å². The van der Waals surface area contributed by atoms with Crippen LogP contribution in [0, 0.1) is 13.8 Å². The van der Waals surface area contributed by atoms with Gasteiger partial charge in [-0.3, -0.25) is 9.78 Å². The average molecular weight is 401 g/mol. The van der Waals surface area contributed by atoms with E-state index in [9.17, 15) is 19.8 Å². The first-order chi connectivity index (χ1) is 13.3. The van der Waals surface area contributed by atoms with Crippen molar-refractivity contribution in [3.63, 3.8) is 0 Å². The van der Waals surface area contributed by atoms with E-state index in [0.29, 0.717) is 32.9 Å². The summed E-state index contributed by atoms with van der Waals surface area (Å²) >= 11 is 0.874. The first-order valence-corrected chi connectivity index (χ1v) is 9.06. The molecule has 4 rings (SSSR count). The van der Waals surface area contributed by atoms with E-state index < -0.39 is 5.63 Å². The van der Waals surface area contributed by atoms with Gasteiger partial charge in [-0.25, -0.2) is 4.79 Å². The number of hydrogen-bond acceptors (Lipinski definition) is 8. The highest BCUT2D eigenvalue weighted by atomic mass is 32.1. The van der Waals surface area contributed by atoms with Crippen LogP contribution in [0.1, 0.15) is 16.0 Å². The first-order valence-electron chi connectivity index (χ1n) is 8.24. The van der Waals surface area contributed by atoms with Gasteiger partial charge in [-0.15, -0.1) is 0 Å². The van der Waals surface area contributed by atoms with Crippen LogP contribution in [0.5, 0.6) is 17.4 Å². The number of aromatic nitrogens is 1. The summed E-state index contributed by atoms with van der Waals surface area (Å²) in [4.78, 5) is 25.4. The normalized spacial score (nSPS) is 11.2. The summed E-state index contributed by atoms with van der Waals surface area (Å²) in [6.07, 6.45) is 0. The van der Waals surface area contributed by atoms with Crippen LogP contribution in [0.3, 0.4) is 0 Å². The first kappa shape index (κ1) is 17.9. The fourth-order valence-corrected chi connectivity index (χ4v) is 3.43. The quantitative estimate of drug-likeness (QED) is 0.478. The lowest BCUT2D eigenvalue weighted by Crippen LogP contribution is -2.05. The highest BCUT2D eigenvalue weighted by Gasteiger charge is 2.18. The van der Waals surface area contributed by atoms with E-state index in [4.69, 9.17) is 13.6 Å². The van der Waals surface area contributed by atoms with Crippen molar-refractivity contribution in [1.29, 1.82) is 0 Å². The fourth-order valence-electron chi connectivity index (χ4n) is 2.79. The molecule has 3 heterocycles. The SMILES string of the molecule is Cc1c(-c2cc3cc(OCc4sc(=O)[nH]c4O)ccc3o2)oc(=O)c(C)c1O. The lowest BCUT2D eigenvalue weighted by atomic mass is 10.1. The van der Waals surface area contributed by atoms with Crippen molar-refractivity contribution in [3.05, 3.63) is 60.4 Å².